The molecule has 1 saturated heterocycles. The van der Waals surface area contributed by atoms with Crippen LogP contribution in [0, 0.1) is 5.92 Å². The molecule has 1 atom stereocenters. The first-order valence-corrected chi connectivity index (χ1v) is 7.45. The number of nitrogens with zero attached hydrogens (tertiary/aromatic N) is 1. The number of rotatable bonds is 6. The normalized spacial score (nSPS) is 19.3. The lowest BCUT2D eigenvalue weighted by atomic mass is 9.88. The van der Waals surface area contributed by atoms with Crippen molar-refractivity contribution in [2.24, 2.45) is 11.7 Å². The van der Waals surface area contributed by atoms with Crippen LogP contribution in [-0.4, -0.2) is 37.2 Å². The van der Waals surface area contributed by atoms with Crippen LogP contribution in [0.25, 0.3) is 0 Å². The van der Waals surface area contributed by atoms with Crippen molar-refractivity contribution in [3.63, 3.8) is 0 Å². The third-order valence-corrected chi connectivity index (χ3v) is 4.13. The van der Waals surface area contributed by atoms with Crippen molar-refractivity contribution in [2.75, 3.05) is 26.2 Å². The van der Waals surface area contributed by atoms with Crippen LogP contribution in [0.2, 0.25) is 0 Å². The maximum atomic E-state index is 6.13. The molecule has 0 aliphatic carbocycles. The molecular formula is C16H26N2O. The summed E-state index contributed by atoms with van der Waals surface area (Å²) in [5, 5.41) is 0. The monoisotopic (exact) mass is 262 g/mol. The standard InChI is InChI=1S/C16H26N2O/c1-2-16(17)14-8-10-18(11-9-14)12-13-19-15-6-4-3-5-7-15/h3-7,14,16H,2,8-13,17H2,1H3. The van der Waals surface area contributed by atoms with Gasteiger partial charge in [0.05, 0.1) is 0 Å². The second-order valence-corrected chi connectivity index (χ2v) is 5.41. The number of para-hydroxylation sites is 1. The Morgan fingerprint density at radius 2 is 1.95 bits per heavy atom. The number of likely N-dealkylation sites (tertiary alicyclic amines) is 1. The van der Waals surface area contributed by atoms with Crippen molar-refractivity contribution in [3.8, 4) is 5.75 Å². The Morgan fingerprint density at radius 1 is 1.26 bits per heavy atom. The average Bonchev–Trinajstić information content (AvgIpc) is 2.48. The van der Waals surface area contributed by atoms with Crippen molar-refractivity contribution >= 4 is 0 Å². The van der Waals surface area contributed by atoms with Gasteiger partial charge in [0, 0.05) is 12.6 Å². The first kappa shape index (κ1) is 14.4. The van der Waals surface area contributed by atoms with Gasteiger partial charge in [0.2, 0.25) is 0 Å². The van der Waals surface area contributed by atoms with E-state index in [2.05, 4.69) is 11.8 Å². The zero-order valence-electron chi connectivity index (χ0n) is 11.9. The van der Waals surface area contributed by atoms with Crippen LogP contribution < -0.4 is 10.5 Å². The third-order valence-electron chi connectivity index (χ3n) is 4.13. The number of hydrogen-bond acceptors (Lipinski definition) is 3. The first-order chi connectivity index (χ1) is 9.29. The molecule has 3 nitrogen and oxygen atoms in total. The highest BCUT2D eigenvalue weighted by molar-refractivity contribution is 5.20. The van der Waals surface area contributed by atoms with Gasteiger partial charge in [-0.15, -0.1) is 0 Å². The molecule has 2 rings (SSSR count). The minimum absolute atomic E-state index is 0.391. The zero-order chi connectivity index (χ0) is 13.5. The minimum atomic E-state index is 0.391. The summed E-state index contributed by atoms with van der Waals surface area (Å²) >= 11 is 0. The van der Waals surface area contributed by atoms with Crippen molar-refractivity contribution in [2.45, 2.75) is 32.2 Å². The summed E-state index contributed by atoms with van der Waals surface area (Å²) in [5.74, 6) is 1.68. The van der Waals surface area contributed by atoms with Crippen molar-refractivity contribution < 1.29 is 4.74 Å². The lowest BCUT2D eigenvalue weighted by molar-refractivity contribution is 0.143. The molecule has 1 heterocycles. The fourth-order valence-electron chi connectivity index (χ4n) is 2.75. The Bertz CT molecular complexity index is 347. The number of ether oxygens (including phenoxy) is 1. The maximum Gasteiger partial charge on any atom is 0.119 e. The van der Waals surface area contributed by atoms with Crippen molar-refractivity contribution in [1.82, 2.24) is 4.90 Å². The average molecular weight is 262 g/mol. The summed E-state index contributed by atoms with van der Waals surface area (Å²) in [4.78, 5) is 2.49. The van der Waals surface area contributed by atoms with Gasteiger partial charge < -0.3 is 10.5 Å². The van der Waals surface area contributed by atoms with Gasteiger partial charge in [-0.05, 0) is 50.4 Å². The van der Waals surface area contributed by atoms with Crippen molar-refractivity contribution in [3.05, 3.63) is 30.3 Å². The van der Waals surface area contributed by atoms with Gasteiger partial charge in [-0.2, -0.15) is 0 Å². The predicted octanol–water partition coefficient (Wildman–Crippen LogP) is 2.51. The number of benzene rings is 1. The van der Waals surface area contributed by atoms with E-state index >= 15 is 0 Å². The second kappa shape index (κ2) is 7.51. The molecular weight excluding hydrogens is 236 g/mol. The summed E-state index contributed by atoms with van der Waals surface area (Å²) in [6.45, 7) is 6.30. The van der Waals surface area contributed by atoms with Gasteiger partial charge in [-0.1, -0.05) is 25.1 Å². The topological polar surface area (TPSA) is 38.5 Å². The molecule has 1 fully saturated rings. The summed E-state index contributed by atoms with van der Waals surface area (Å²) in [7, 11) is 0. The molecule has 1 aromatic rings. The molecule has 0 spiro atoms. The van der Waals surface area contributed by atoms with E-state index in [-0.39, 0.29) is 0 Å². The molecule has 1 aromatic carbocycles. The smallest absolute Gasteiger partial charge is 0.119 e. The molecule has 106 valence electrons. The maximum absolute atomic E-state index is 6.13. The highest BCUT2D eigenvalue weighted by Gasteiger charge is 2.22. The minimum Gasteiger partial charge on any atom is -0.492 e. The Labute approximate surface area is 116 Å². The fourth-order valence-corrected chi connectivity index (χ4v) is 2.75. The van der Waals surface area contributed by atoms with E-state index in [1.54, 1.807) is 0 Å². The molecule has 0 aromatic heterocycles. The molecule has 2 N–H and O–H groups in total. The molecule has 19 heavy (non-hydrogen) atoms. The van der Waals surface area contributed by atoms with E-state index in [1.807, 2.05) is 30.3 Å². The Hall–Kier alpha value is -1.06. The van der Waals surface area contributed by atoms with E-state index in [9.17, 15) is 0 Å². The Morgan fingerprint density at radius 3 is 2.58 bits per heavy atom. The molecule has 0 saturated carbocycles. The summed E-state index contributed by atoms with van der Waals surface area (Å²) in [6.07, 6.45) is 3.57. The molecule has 0 bridgehead atoms. The summed E-state index contributed by atoms with van der Waals surface area (Å²) < 4.78 is 5.74. The van der Waals surface area contributed by atoms with E-state index in [0.29, 0.717) is 6.04 Å². The Kier molecular flexibility index (Phi) is 5.67. The molecule has 1 aliphatic heterocycles. The number of piperidine rings is 1. The van der Waals surface area contributed by atoms with E-state index in [4.69, 9.17) is 10.5 Å². The summed E-state index contributed by atoms with van der Waals surface area (Å²) in [6, 6.07) is 10.4. The lowest BCUT2D eigenvalue weighted by Crippen LogP contribution is -2.42. The largest absolute Gasteiger partial charge is 0.492 e. The van der Waals surface area contributed by atoms with Crippen LogP contribution in [0.3, 0.4) is 0 Å². The van der Waals surface area contributed by atoms with Gasteiger partial charge in [0.1, 0.15) is 12.4 Å². The van der Waals surface area contributed by atoms with Crippen LogP contribution in [0.5, 0.6) is 5.75 Å². The van der Waals surface area contributed by atoms with Crippen LogP contribution in [0.4, 0.5) is 0 Å². The zero-order valence-corrected chi connectivity index (χ0v) is 11.9. The van der Waals surface area contributed by atoms with Gasteiger partial charge >= 0.3 is 0 Å². The van der Waals surface area contributed by atoms with E-state index in [1.165, 1.54) is 12.8 Å². The highest BCUT2D eigenvalue weighted by atomic mass is 16.5. The van der Waals surface area contributed by atoms with Gasteiger partial charge in [-0.3, -0.25) is 4.90 Å². The molecule has 1 unspecified atom stereocenters. The van der Waals surface area contributed by atoms with Crippen molar-refractivity contribution in [1.29, 1.82) is 0 Å². The van der Waals surface area contributed by atoms with E-state index in [0.717, 1.165) is 44.3 Å². The quantitative estimate of drug-likeness (QED) is 0.856. The van der Waals surface area contributed by atoms with Gasteiger partial charge in [0.25, 0.3) is 0 Å². The number of nitrogens with two attached hydrogens (primary N) is 1. The molecule has 3 heteroatoms. The SMILES string of the molecule is CCC(N)C1CCN(CCOc2ccccc2)CC1. The molecule has 1 aliphatic rings. The predicted molar refractivity (Wildman–Crippen MR) is 79.4 cm³/mol. The first-order valence-electron chi connectivity index (χ1n) is 7.45. The second-order valence-electron chi connectivity index (χ2n) is 5.41. The molecule has 0 amide bonds. The van der Waals surface area contributed by atoms with Gasteiger partial charge in [0.15, 0.2) is 0 Å². The summed E-state index contributed by atoms with van der Waals surface area (Å²) in [5.41, 5.74) is 6.13. The van der Waals surface area contributed by atoms with Gasteiger partial charge in [-0.25, -0.2) is 0 Å². The lowest BCUT2D eigenvalue weighted by Gasteiger charge is -2.34. The number of hydrogen-bond donors (Lipinski definition) is 1. The van der Waals surface area contributed by atoms with Crippen LogP contribution in [0.1, 0.15) is 26.2 Å². The van der Waals surface area contributed by atoms with Crippen LogP contribution >= 0.6 is 0 Å². The Balaban J connectivity index is 1.63. The van der Waals surface area contributed by atoms with E-state index < -0.39 is 0 Å². The highest BCUT2D eigenvalue weighted by Crippen LogP contribution is 2.21. The van der Waals surface area contributed by atoms with Crippen LogP contribution in [0.15, 0.2) is 30.3 Å². The fraction of sp³-hybridized carbons (Fsp3) is 0.625. The third kappa shape index (κ3) is 4.51. The molecule has 0 radical (unpaired) electrons. The van der Waals surface area contributed by atoms with Crippen LogP contribution in [-0.2, 0) is 0 Å².